The highest BCUT2D eigenvalue weighted by Crippen LogP contribution is 2.20. The molecule has 0 atom stereocenters. The van der Waals surface area contributed by atoms with Gasteiger partial charge in [-0.3, -0.25) is 4.98 Å². The summed E-state index contributed by atoms with van der Waals surface area (Å²) < 4.78 is 1.69. The van der Waals surface area contributed by atoms with Crippen LogP contribution in [0.5, 0.6) is 0 Å². The maximum atomic E-state index is 4.52. The summed E-state index contributed by atoms with van der Waals surface area (Å²) in [7, 11) is 0. The van der Waals surface area contributed by atoms with Gasteiger partial charge in [-0.2, -0.15) is 9.61 Å². The second-order valence-electron chi connectivity index (χ2n) is 4.49. The number of aromatic nitrogens is 6. The first kappa shape index (κ1) is 12.8. The molecule has 4 aromatic rings. The molecule has 0 saturated carbocycles. The van der Waals surface area contributed by atoms with Gasteiger partial charge in [0.05, 0.1) is 6.20 Å². The van der Waals surface area contributed by atoms with E-state index >= 15 is 0 Å². The van der Waals surface area contributed by atoms with E-state index in [-0.39, 0.29) is 0 Å². The van der Waals surface area contributed by atoms with Crippen molar-refractivity contribution in [3.8, 4) is 11.5 Å². The van der Waals surface area contributed by atoms with Gasteiger partial charge in [0.15, 0.2) is 0 Å². The van der Waals surface area contributed by atoms with E-state index in [0.717, 1.165) is 15.5 Å². The van der Waals surface area contributed by atoms with E-state index in [1.54, 1.807) is 23.1 Å². The lowest BCUT2D eigenvalue weighted by molar-refractivity contribution is 0.948. The third-order valence-electron chi connectivity index (χ3n) is 3.02. The van der Waals surface area contributed by atoms with Crippen LogP contribution in [0.3, 0.4) is 0 Å². The van der Waals surface area contributed by atoms with Gasteiger partial charge in [-0.1, -0.05) is 47.7 Å². The molecule has 0 saturated heterocycles. The van der Waals surface area contributed by atoms with Gasteiger partial charge in [0.2, 0.25) is 10.8 Å². The summed E-state index contributed by atoms with van der Waals surface area (Å²) in [5.74, 6) is 0.596. The molecule has 0 unspecified atom stereocenters. The Balaban J connectivity index is 1.70. The molecule has 0 N–H and O–H groups in total. The minimum atomic E-state index is 0.596. The van der Waals surface area contributed by atoms with E-state index in [0.29, 0.717) is 11.5 Å². The normalized spacial score (nSPS) is 11.5. The predicted octanol–water partition coefficient (Wildman–Crippen LogP) is 2.81. The lowest BCUT2D eigenvalue weighted by Crippen LogP contribution is -1.93. The Bertz CT molecular complexity index is 927. The third kappa shape index (κ3) is 2.38. The summed E-state index contributed by atoms with van der Waals surface area (Å²) in [6.07, 6.45) is 8.88. The number of rotatable bonds is 3. The molecule has 0 bridgehead atoms. The van der Waals surface area contributed by atoms with Gasteiger partial charge >= 0.3 is 0 Å². The number of hydrogen-bond acceptors (Lipinski definition) is 6. The molecule has 1 aromatic carbocycles. The topological polar surface area (TPSA) is 68.9 Å². The smallest absolute Gasteiger partial charge is 0.235 e. The number of benzene rings is 1. The molecule has 0 aliphatic carbocycles. The lowest BCUT2D eigenvalue weighted by Gasteiger charge is -1.93. The predicted molar refractivity (Wildman–Crippen MR) is 85.1 cm³/mol. The minimum Gasteiger partial charge on any atom is -0.261 e. The van der Waals surface area contributed by atoms with Crippen molar-refractivity contribution in [3.05, 3.63) is 59.5 Å². The van der Waals surface area contributed by atoms with E-state index in [4.69, 9.17) is 0 Å². The second kappa shape index (κ2) is 5.45. The summed E-state index contributed by atoms with van der Waals surface area (Å²) in [6.45, 7) is 0. The summed E-state index contributed by atoms with van der Waals surface area (Å²) in [5.41, 5.74) is 1.78. The molecule has 106 valence electrons. The Hall–Kier alpha value is -2.93. The van der Waals surface area contributed by atoms with E-state index in [9.17, 15) is 0 Å². The average molecular weight is 306 g/mol. The third-order valence-corrected chi connectivity index (χ3v) is 3.88. The molecular weight excluding hydrogens is 296 g/mol. The fourth-order valence-electron chi connectivity index (χ4n) is 2.01. The Morgan fingerprint density at radius 2 is 1.91 bits per heavy atom. The quantitative estimate of drug-likeness (QED) is 0.582. The van der Waals surface area contributed by atoms with Crippen LogP contribution in [0.4, 0.5) is 0 Å². The Kier molecular flexibility index (Phi) is 3.17. The molecule has 7 heteroatoms. The van der Waals surface area contributed by atoms with Gasteiger partial charge < -0.3 is 0 Å². The number of fused-ring (bicyclic) bond motifs is 1. The summed E-state index contributed by atoms with van der Waals surface area (Å²) >= 11 is 1.48. The van der Waals surface area contributed by atoms with Crippen molar-refractivity contribution in [2.45, 2.75) is 0 Å². The second-order valence-corrected chi connectivity index (χ2v) is 5.48. The first-order chi connectivity index (χ1) is 10.9. The molecular formula is C15H10N6S. The molecule has 0 amide bonds. The van der Waals surface area contributed by atoms with E-state index in [1.165, 1.54) is 11.3 Å². The lowest BCUT2D eigenvalue weighted by atomic mass is 10.2. The van der Waals surface area contributed by atoms with Crippen LogP contribution in [-0.4, -0.2) is 29.8 Å². The van der Waals surface area contributed by atoms with Crippen molar-refractivity contribution in [1.82, 2.24) is 29.8 Å². The molecule has 3 aromatic heterocycles. The Labute approximate surface area is 129 Å². The van der Waals surface area contributed by atoms with E-state index in [2.05, 4.69) is 25.3 Å². The Morgan fingerprint density at radius 1 is 1.00 bits per heavy atom. The van der Waals surface area contributed by atoms with Crippen molar-refractivity contribution < 1.29 is 0 Å². The SMILES string of the molecule is C(=Cc1nn2c(-c3cnccn3)nnc2s1)c1ccccc1. The molecule has 0 fully saturated rings. The zero-order valence-electron chi connectivity index (χ0n) is 11.4. The van der Waals surface area contributed by atoms with Crippen molar-refractivity contribution >= 4 is 28.4 Å². The zero-order valence-corrected chi connectivity index (χ0v) is 12.2. The van der Waals surface area contributed by atoms with Crippen LogP contribution >= 0.6 is 11.3 Å². The van der Waals surface area contributed by atoms with Crippen molar-refractivity contribution in [2.75, 3.05) is 0 Å². The minimum absolute atomic E-state index is 0.596. The zero-order chi connectivity index (χ0) is 14.8. The molecule has 22 heavy (non-hydrogen) atoms. The van der Waals surface area contributed by atoms with Crippen LogP contribution < -0.4 is 0 Å². The molecule has 6 nitrogen and oxygen atoms in total. The van der Waals surface area contributed by atoms with Crippen LogP contribution in [0.1, 0.15) is 10.6 Å². The van der Waals surface area contributed by atoms with Crippen molar-refractivity contribution in [2.24, 2.45) is 0 Å². The monoisotopic (exact) mass is 306 g/mol. The highest BCUT2D eigenvalue weighted by molar-refractivity contribution is 7.17. The summed E-state index contributed by atoms with van der Waals surface area (Å²) in [4.78, 5) is 9.01. The summed E-state index contributed by atoms with van der Waals surface area (Å²) in [6, 6.07) is 10.1. The van der Waals surface area contributed by atoms with Crippen LogP contribution in [0.25, 0.3) is 28.6 Å². The number of hydrogen-bond donors (Lipinski definition) is 0. The highest BCUT2D eigenvalue weighted by atomic mass is 32.1. The van der Waals surface area contributed by atoms with Crippen molar-refractivity contribution in [3.63, 3.8) is 0 Å². The van der Waals surface area contributed by atoms with E-state index in [1.807, 2.05) is 42.5 Å². The molecule has 0 spiro atoms. The molecule has 0 aliphatic heterocycles. The van der Waals surface area contributed by atoms with Gasteiger partial charge in [-0.05, 0) is 11.6 Å². The molecule has 3 heterocycles. The fourth-order valence-corrected chi connectivity index (χ4v) is 2.75. The van der Waals surface area contributed by atoms with Crippen LogP contribution in [0.2, 0.25) is 0 Å². The maximum Gasteiger partial charge on any atom is 0.235 e. The van der Waals surface area contributed by atoms with Crippen molar-refractivity contribution in [1.29, 1.82) is 0 Å². The maximum absolute atomic E-state index is 4.52. The van der Waals surface area contributed by atoms with Gasteiger partial charge in [-0.25, -0.2) is 4.98 Å². The van der Waals surface area contributed by atoms with Crippen LogP contribution in [0, 0.1) is 0 Å². The highest BCUT2D eigenvalue weighted by Gasteiger charge is 2.13. The molecule has 0 aliphatic rings. The molecule has 0 radical (unpaired) electrons. The fraction of sp³-hybridized carbons (Fsp3) is 0. The summed E-state index contributed by atoms with van der Waals surface area (Å²) in [5, 5.41) is 13.6. The van der Waals surface area contributed by atoms with Crippen LogP contribution in [0.15, 0.2) is 48.9 Å². The van der Waals surface area contributed by atoms with Gasteiger partial charge in [-0.15, -0.1) is 10.2 Å². The van der Waals surface area contributed by atoms with Gasteiger partial charge in [0.25, 0.3) is 0 Å². The van der Waals surface area contributed by atoms with Gasteiger partial charge in [0, 0.05) is 12.4 Å². The number of nitrogens with zero attached hydrogens (tertiary/aromatic N) is 6. The first-order valence-electron chi connectivity index (χ1n) is 6.62. The standard InChI is InChI=1S/C15H10N6S/c1-2-4-11(5-3-1)6-7-13-20-21-14(18-19-15(21)22-13)12-10-16-8-9-17-12/h1-10H. The largest absolute Gasteiger partial charge is 0.261 e. The first-order valence-corrected chi connectivity index (χ1v) is 7.43. The average Bonchev–Trinajstić information content (AvgIpc) is 3.15. The van der Waals surface area contributed by atoms with Gasteiger partial charge in [0.1, 0.15) is 10.7 Å². The van der Waals surface area contributed by atoms with E-state index < -0.39 is 0 Å². The molecule has 4 rings (SSSR count). The van der Waals surface area contributed by atoms with Crippen LogP contribution in [-0.2, 0) is 0 Å². The Morgan fingerprint density at radius 3 is 2.73 bits per heavy atom.